The number of anilines is 1. The summed E-state index contributed by atoms with van der Waals surface area (Å²) in [5, 5.41) is 0.882. The fourth-order valence-electron chi connectivity index (χ4n) is 3.20. The van der Waals surface area contributed by atoms with Crippen LogP contribution in [0.2, 0.25) is 0 Å². The molecule has 0 amide bonds. The molecule has 1 atom stereocenters. The first kappa shape index (κ1) is 15.8. The maximum Gasteiger partial charge on any atom is 0.131 e. The molecule has 1 aliphatic heterocycles. The molecular weight excluding hydrogens is 312 g/mol. The van der Waals surface area contributed by atoms with E-state index < -0.39 is 0 Å². The summed E-state index contributed by atoms with van der Waals surface area (Å²) < 4.78 is 0. The fraction of sp³-hybridized carbons (Fsp3) is 0.706. The second-order valence-electron chi connectivity index (χ2n) is 7.10. The number of pyridine rings is 1. The van der Waals surface area contributed by atoms with Gasteiger partial charge in [0.15, 0.2) is 0 Å². The minimum Gasteiger partial charge on any atom is -0.356 e. The number of hydrogen-bond acceptors (Lipinski definition) is 2. The molecule has 0 aliphatic carbocycles. The Bertz CT molecular complexity index is 451. The highest BCUT2D eigenvalue weighted by Gasteiger charge is 2.27. The van der Waals surface area contributed by atoms with Gasteiger partial charge < -0.3 is 4.90 Å². The minimum atomic E-state index is 0.429. The van der Waals surface area contributed by atoms with Crippen LogP contribution in [0.15, 0.2) is 12.3 Å². The molecule has 1 aromatic heterocycles. The molecule has 1 unspecified atom stereocenters. The van der Waals surface area contributed by atoms with Crippen molar-refractivity contribution in [3.63, 3.8) is 0 Å². The first-order valence-electron chi connectivity index (χ1n) is 7.68. The van der Waals surface area contributed by atoms with Gasteiger partial charge in [0, 0.05) is 24.6 Å². The van der Waals surface area contributed by atoms with Crippen molar-refractivity contribution in [2.75, 3.05) is 18.0 Å². The van der Waals surface area contributed by atoms with Gasteiger partial charge in [-0.1, -0.05) is 42.8 Å². The molecule has 2 heterocycles. The van der Waals surface area contributed by atoms with Gasteiger partial charge in [-0.25, -0.2) is 4.98 Å². The van der Waals surface area contributed by atoms with Gasteiger partial charge in [-0.15, -0.1) is 0 Å². The Morgan fingerprint density at radius 1 is 1.30 bits per heavy atom. The van der Waals surface area contributed by atoms with Crippen LogP contribution in [0.1, 0.15) is 51.2 Å². The zero-order chi connectivity index (χ0) is 14.8. The molecule has 0 spiro atoms. The molecule has 0 aromatic carbocycles. The average molecular weight is 339 g/mol. The Balaban J connectivity index is 2.11. The Kier molecular flexibility index (Phi) is 5.11. The third-order valence-electron chi connectivity index (χ3n) is 4.51. The van der Waals surface area contributed by atoms with E-state index in [9.17, 15) is 0 Å². The van der Waals surface area contributed by atoms with Crippen molar-refractivity contribution in [1.29, 1.82) is 0 Å². The molecule has 0 bridgehead atoms. The SMILES string of the molecule is Cc1cc(CBr)cnc1N1CCCC(C(C)(C)C)CC1. The molecule has 1 aromatic rings. The number of nitrogens with zero attached hydrogens (tertiary/aromatic N) is 2. The summed E-state index contributed by atoms with van der Waals surface area (Å²) >= 11 is 3.50. The van der Waals surface area contributed by atoms with Crippen LogP contribution in [0.25, 0.3) is 0 Å². The van der Waals surface area contributed by atoms with Crippen molar-refractivity contribution in [3.8, 4) is 0 Å². The molecule has 112 valence electrons. The molecule has 1 saturated heterocycles. The number of rotatable bonds is 2. The number of halogens is 1. The highest BCUT2D eigenvalue weighted by molar-refractivity contribution is 9.08. The van der Waals surface area contributed by atoms with Crippen LogP contribution in [0.4, 0.5) is 5.82 Å². The lowest BCUT2D eigenvalue weighted by molar-refractivity contribution is 0.220. The number of aryl methyl sites for hydroxylation is 1. The largest absolute Gasteiger partial charge is 0.356 e. The standard InChI is InChI=1S/C17H27BrN2/c1-13-10-14(11-18)12-19-16(13)20-8-5-6-15(7-9-20)17(2,3)4/h10,12,15H,5-9,11H2,1-4H3. The van der Waals surface area contributed by atoms with Crippen LogP contribution in [0.3, 0.4) is 0 Å². The molecule has 2 nitrogen and oxygen atoms in total. The molecule has 0 saturated carbocycles. The van der Waals surface area contributed by atoms with Crippen LogP contribution < -0.4 is 4.90 Å². The molecule has 0 radical (unpaired) electrons. The van der Waals surface area contributed by atoms with Gasteiger partial charge >= 0.3 is 0 Å². The molecule has 1 aliphatic rings. The average Bonchev–Trinajstić information content (AvgIpc) is 2.63. The smallest absolute Gasteiger partial charge is 0.131 e. The summed E-state index contributed by atoms with van der Waals surface area (Å²) in [6, 6.07) is 2.25. The molecule has 20 heavy (non-hydrogen) atoms. The van der Waals surface area contributed by atoms with E-state index >= 15 is 0 Å². The van der Waals surface area contributed by atoms with Gasteiger partial charge in [0.2, 0.25) is 0 Å². The minimum absolute atomic E-state index is 0.429. The van der Waals surface area contributed by atoms with Crippen molar-refractivity contribution in [1.82, 2.24) is 4.98 Å². The third kappa shape index (κ3) is 3.75. The number of hydrogen-bond donors (Lipinski definition) is 0. The van der Waals surface area contributed by atoms with Crippen LogP contribution in [0, 0.1) is 18.3 Å². The first-order valence-corrected chi connectivity index (χ1v) is 8.80. The van der Waals surface area contributed by atoms with Gasteiger partial charge in [-0.3, -0.25) is 0 Å². The second kappa shape index (κ2) is 6.46. The van der Waals surface area contributed by atoms with E-state index in [2.05, 4.69) is 54.6 Å². The fourth-order valence-corrected chi connectivity index (χ4v) is 3.51. The summed E-state index contributed by atoms with van der Waals surface area (Å²) in [5.74, 6) is 2.01. The van der Waals surface area contributed by atoms with E-state index in [0.717, 1.165) is 24.3 Å². The normalized spacial score (nSPS) is 20.9. The van der Waals surface area contributed by atoms with Gasteiger partial charge in [0.05, 0.1) is 0 Å². The Morgan fingerprint density at radius 3 is 2.65 bits per heavy atom. The lowest BCUT2D eigenvalue weighted by Crippen LogP contribution is -2.27. The first-order chi connectivity index (χ1) is 9.41. The summed E-state index contributed by atoms with van der Waals surface area (Å²) in [7, 11) is 0. The Morgan fingerprint density at radius 2 is 2.05 bits per heavy atom. The Hall–Kier alpha value is -0.570. The highest BCUT2D eigenvalue weighted by atomic mass is 79.9. The van der Waals surface area contributed by atoms with E-state index in [-0.39, 0.29) is 0 Å². The van der Waals surface area contributed by atoms with Gasteiger partial charge in [-0.2, -0.15) is 0 Å². The van der Waals surface area contributed by atoms with E-state index in [1.165, 1.54) is 36.2 Å². The molecular formula is C17H27BrN2. The molecule has 2 rings (SSSR count). The van der Waals surface area contributed by atoms with Crippen molar-refractivity contribution >= 4 is 21.7 Å². The van der Waals surface area contributed by atoms with Crippen molar-refractivity contribution < 1.29 is 0 Å². The summed E-state index contributed by atoms with van der Waals surface area (Å²) in [6.45, 7) is 11.6. The number of aromatic nitrogens is 1. The maximum absolute atomic E-state index is 4.70. The zero-order valence-electron chi connectivity index (χ0n) is 13.2. The highest BCUT2D eigenvalue weighted by Crippen LogP contribution is 2.35. The monoisotopic (exact) mass is 338 g/mol. The topological polar surface area (TPSA) is 16.1 Å². The summed E-state index contributed by atoms with van der Waals surface area (Å²) in [4.78, 5) is 7.18. The van der Waals surface area contributed by atoms with E-state index in [1.54, 1.807) is 0 Å². The quantitative estimate of drug-likeness (QED) is 0.710. The second-order valence-corrected chi connectivity index (χ2v) is 7.66. The lowest BCUT2D eigenvalue weighted by atomic mass is 9.77. The van der Waals surface area contributed by atoms with Crippen molar-refractivity contribution in [3.05, 3.63) is 23.4 Å². The summed E-state index contributed by atoms with van der Waals surface area (Å²) in [5.41, 5.74) is 2.99. The van der Waals surface area contributed by atoms with E-state index in [1.807, 2.05) is 6.20 Å². The number of alkyl halides is 1. The molecule has 1 fully saturated rings. The van der Waals surface area contributed by atoms with Gasteiger partial charge in [0.25, 0.3) is 0 Å². The molecule has 3 heteroatoms. The predicted octanol–water partition coefficient (Wildman–Crippen LogP) is 4.94. The Labute approximate surface area is 132 Å². The van der Waals surface area contributed by atoms with E-state index in [4.69, 9.17) is 4.98 Å². The van der Waals surface area contributed by atoms with Crippen LogP contribution in [-0.2, 0) is 5.33 Å². The van der Waals surface area contributed by atoms with Crippen LogP contribution in [-0.4, -0.2) is 18.1 Å². The van der Waals surface area contributed by atoms with Crippen LogP contribution in [0.5, 0.6) is 0 Å². The third-order valence-corrected chi connectivity index (χ3v) is 5.16. The zero-order valence-corrected chi connectivity index (χ0v) is 14.8. The van der Waals surface area contributed by atoms with E-state index in [0.29, 0.717) is 5.41 Å². The molecule has 0 N–H and O–H groups in total. The predicted molar refractivity (Wildman–Crippen MR) is 90.6 cm³/mol. The van der Waals surface area contributed by atoms with Gasteiger partial charge in [-0.05, 0) is 48.6 Å². The van der Waals surface area contributed by atoms with Crippen molar-refractivity contribution in [2.45, 2.75) is 52.3 Å². The summed E-state index contributed by atoms with van der Waals surface area (Å²) in [6.07, 6.45) is 5.91. The van der Waals surface area contributed by atoms with Crippen LogP contribution >= 0.6 is 15.9 Å². The lowest BCUT2D eigenvalue weighted by Gasteiger charge is -2.30. The van der Waals surface area contributed by atoms with Crippen molar-refractivity contribution in [2.24, 2.45) is 11.3 Å². The maximum atomic E-state index is 4.70. The van der Waals surface area contributed by atoms with Gasteiger partial charge in [0.1, 0.15) is 5.82 Å².